The number of hydrogen-bond donors (Lipinski definition) is 1. The second-order valence-electron chi connectivity index (χ2n) is 4.05. The van der Waals surface area contributed by atoms with E-state index < -0.39 is 5.91 Å². The van der Waals surface area contributed by atoms with Gasteiger partial charge < -0.3 is 5.32 Å². The average molecular weight is 249 g/mol. The minimum absolute atomic E-state index is 0.309. The molecule has 1 aliphatic rings. The molecule has 3 nitrogen and oxygen atoms in total. The molecule has 0 aliphatic carbocycles. The molecule has 0 aromatic heterocycles. The summed E-state index contributed by atoms with van der Waals surface area (Å²) in [6.45, 7) is 0.517. The number of nitrogens with one attached hydrogen (secondary N) is 1. The first-order valence-electron chi connectivity index (χ1n) is 5.77. The van der Waals surface area contributed by atoms with Gasteiger partial charge in [0.05, 0.1) is 0 Å². The van der Waals surface area contributed by atoms with E-state index in [1.165, 1.54) is 28.2 Å². The Bertz CT molecular complexity index is 431. The van der Waals surface area contributed by atoms with Crippen LogP contribution in [0.25, 0.3) is 0 Å². The highest BCUT2D eigenvalue weighted by Crippen LogP contribution is 2.30. The lowest BCUT2D eigenvalue weighted by Gasteiger charge is -2.16. The van der Waals surface area contributed by atoms with Crippen molar-refractivity contribution >= 4 is 24.0 Å². The lowest BCUT2D eigenvalue weighted by Crippen LogP contribution is -2.26. The van der Waals surface area contributed by atoms with Gasteiger partial charge in [-0.2, -0.15) is 0 Å². The van der Waals surface area contributed by atoms with Crippen molar-refractivity contribution < 1.29 is 9.59 Å². The highest BCUT2D eigenvalue weighted by molar-refractivity contribution is 7.99. The number of carbonyl (C=O) groups excluding carboxylic acids is 2. The zero-order valence-corrected chi connectivity index (χ0v) is 10.4. The summed E-state index contributed by atoms with van der Waals surface area (Å²) in [6, 6.07) is 6.48. The molecular formula is C13H15NO2S. The molecule has 1 aliphatic heterocycles. The number of thioether (sulfide) groups is 1. The van der Waals surface area contributed by atoms with Crippen LogP contribution in [0.4, 0.5) is 0 Å². The molecule has 1 aromatic carbocycles. The zero-order valence-electron chi connectivity index (χ0n) is 9.57. The lowest BCUT2D eigenvalue weighted by molar-refractivity contribution is -0.131. The molecule has 90 valence electrons. The van der Waals surface area contributed by atoms with Crippen molar-refractivity contribution in [1.29, 1.82) is 0 Å². The smallest absolute Gasteiger partial charge is 0.284 e. The first-order valence-corrected chi connectivity index (χ1v) is 6.76. The van der Waals surface area contributed by atoms with Crippen molar-refractivity contribution in [1.82, 2.24) is 5.32 Å². The number of benzene rings is 1. The highest BCUT2D eigenvalue weighted by Gasteiger charge is 2.09. The minimum Gasteiger partial charge on any atom is -0.349 e. The molecule has 4 heteroatoms. The second kappa shape index (κ2) is 5.87. The standard InChI is InChI=1S/C13H15NO2S/c15-9-13(16)14-6-5-10-3-4-12-11(8-10)2-1-7-17-12/h3-4,8-9H,1-2,5-7H2,(H,14,16). The maximum atomic E-state index is 10.8. The fraction of sp³-hybridized carbons (Fsp3) is 0.385. The second-order valence-corrected chi connectivity index (χ2v) is 5.19. The summed E-state index contributed by atoms with van der Waals surface area (Å²) >= 11 is 1.91. The predicted octanol–water partition coefficient (Wildman–Crippen LogP) is 1.58. The van der Waals surface area contributed by atoms with E-state index in [0.29, 0.717) is 12.8 Å². The van der Waals surface area contributed by atoms with E-state index in [-0.39, 0.29) is 0 Å². The third-order valence-corrected chi connectivity index (χ3v) is 3.99. The Morgan fingerprint density at radius 2 is 2.35 bits per heavy atom. The Labute approximate surface area is 105 Å². The van der Waals surface area contributed by atoms with Crippen LogP contribution in [0.1, 0.15) is 17.5 Å². The summed E-state index contributed by atoms with van der Waals surface area (Å²) in [5.41, 5.74) is 2.64. The van der Waals surface area contributed by atoms with Gasteiger partial charge in [-0.05, 0) is 42.2 Å². The van der Waals surface area contributed by atoms with E-state index in [1.54, 1.807) is 0 Å². The molecule has 0 radical (unpaired) electrons. The van der Waals surface area contributed by atoms with E-state index in [0.717, 1.165) is 12.8 Å². The average Bonchev–Trinajstić information content (AvgIpc) is 2.38. The Morgan fingerprint density at radius 3 is 3.18 bits per heavy atom. The molecule has 1 amide bonds. The van der Waals surface area contributed by atoms with Gasteiger partial charge in [-0.25, -0.2) is 0 Å². The summed E-state index contributed by atoms with van der Waals surface area (Å²) < 4.78 is 0. The minimum atomic E-state index is -0.543. The summed E-state index contributed by atoms with van der Waals surface area (Å²) in [5, 5.41) is 2.55. The molecule has 0 unspecified atom stereocenters. The van der Waals surface area contributed by atoms with Gasteiger partial charge >= 0.3 is 0 Å². The largest absolute Gasteiger partial charge is 0.349 e. The van der Waals surface area contributed by atoms with Crippen LogP contribution < -0.4 is 5.32 Å². The molecule has 17 heavy (non-hydrogen) atoms. The van der Waals surface area contributed by atoms with Crippen LogP contribution in [0.15, 0.2) is 23.1 Å². The highest BCUT2D eigenvalue weighted by atomic mass is 32.2. The van der Waals surface area contributed by atoms with Crippen LogP contribution in [-0.4, -0.2) is 24.5 Å². The number of hydrogen-bond acceptors (Lipinski definition) is 3. The van der Waals surface area contributed by atoms with Crippen LogP contribution in [0.5, 0.6) is 0 Å². The Balaban J connectivity index is 1.93. The molecule has 0 fully saturated rings. The maximum absolute atomic E-state index is 10.8. The molecule has 0 saturated heterocycles. The topological polar surface area (TPSA) is 46.2 Å². The Kier molecular flexibility index (Phi) is 4.20. The monoisotopic (exact) mass is 249 g/mol. The quantitative estimate of drug-likeness (QED) is 0.651. The predicted molar refractivity (Wildman–Crippen MR) is 68.3 cm³/mol. The molecular weight excluding hydrogens is 234 g/mol. The zero-order chi connectivity index (χ0) is 12.1. The van der Waals surface area contributed by atoms with Crippen molar-refractivity contribution in [3.05, 3.63) is 29.3 Å². The summed E-state index contributed by atoms with van der Waals surface area (Å²) in [5.74, 6) is 0.667. The van der Waals surface area contributed by atoms with Gasteiger partial charge in [0.15, 0.2) is 0 Å². The van der Waals surface area contributed by atoms with E-state index in [4.69, 9.17) is 0 Å². The van der Waals surface area contributed by atoms with Crippen molar-refractivity contribution in [2.75, 3.05) is 12.3 Å². The third kappa shape index (κ3) is 3.33. The molecule has 2 rings (SSSR count). The fourth-order valence-electron chi connectivity index (χ4n) is 1.94. The SMILES string of the molecule is O=CC(=O)NCCc1ccc2c(c1)CCCS2. The van der Waals surface area contributed by atoms with E-state index >= 15 is 0 Å². The lowest BCUT2D eigenvalue weighted by atomic mass is 10.0. The van der Waals surface area contributed by atoms with E-state index in [1.807, 2.05) is 11.8 Å². The van der Waals surface area contributed by atoms with Gasteiger partial charge in [0.1, 0.15) is 0 Å². The van der Waals surface area contributed by atoms with Crippen LogP contribution in [-0.2, 0) is 22.4 Å². The third-order valence-electron chi connectivity index (χ3n) is 2.79. The van der Waals surface area contributed by atoms with Gasteiger partial charge in [0.25, 0.3) is 5.91 Å². The maximum Gasteiger partial charge on any atom is 0.284 e. The molecule has 0 spiro atoms. The molecule has 0 saturated carbocycles. The van der Waals surface area contributed by atoms with E-state index in [2.05, 4.69) is 23.5 Å². The Hall–Kier alpha value is -1.29. The van der Waals surface area contributed by atoms with Crippen LogP contribution >= 0.6 is 11.8 Å². The van der Waals surface area contributed by atoms with Gasteiger partial charge in [0, 0.05) is 11.4 Å². The summed E-state index contributed by atoms with van der Waals surface area (Å²) in [4.78, 5) is 22.3. The first-order chi connectivity index (χ1) is 8.29. The van der Waals surface area contributed by atoms with E-state index in [9.17, 15) is 9.59 Å². The molecule has 0 bridgehead atoms. The molecule has 0 atom stereocenters. The van der Waals surface area contributed by atoms with Crippen molar-refractivity contribution in [3.63, 3.8) is 0 Å². The first kappa shape index (κ1) is 12.2. The number of aryl methyl sites for hydroxylation is 1. The number of carbonyl (C=O) groups is 2. The van der Waals surface area contributed by atoms with Gasteiger partial charge in [-0.15, -0.1) is 11.8 Å². The summed E-state index contributed by atoms with van der Waals surface area (Å²) in [7, 11) is 0. The summed E-state index contributed by atoms with van der Waals surface area (Å²) in [6.07, 6.45) is 3.47. The van der Waals surface area contributed by atoms with Crippen molar-refractivity contribution in [2.24, 2.45) is 0 Å². The van der Waals surface area contributed by atoms with Crippen molar-refractivity contribution in [2.45, 2.75) is 24.2 Å². The van der Waals surface area contributed by atoms with Crippen molar-refractivity contribution in [3.8, 4) is 0 Å². The van der Waals surface area contributed by atoms with Crippen LogP contribution in [0.2, 0.25) is 0 Å². The van der Waals surface area contributed by atoms with Gasteiger partial charge in [-0.1, -0.05) is 12.1 Å². The fourth-order valence-corrected chi connectivity index (χ4v) is 2.96. The molecule has 1 N–H and O–H groups in total. The number of aldehydes is 1. The molecule has 1 aromatic rings. The van der Waals surface area contributed by atoms with Gasteiger partial charge in [-0.3, -0.25) is 9.59 Å². The van der Waals surface area contributed by atoms with Crippen LogP contribution in [0.3, 0.4) is 0 Å². The number of rotatable bonds is 4. The number of fused-ring (bicyclic) bond motifs is 1. The van der Waals surface area contributed by atoms with Crippen LogP contribution in [0, 0.1) is 0 Å². The Morgan fingerprint density at radius 1 is 1.47 bits per heavy atom. The normalized spacial score (nSPS) is 13.9. The van der Waals surface area contributed by atoms with Gasteiger partial charge in [0.2, 0.25) is 6.29 Å². The molecule has 1 heterocycles. The number of amides is 1.